The molecule has 1 amide bonds. The molecule has 4 heterocycles. The molecule has 0 atom stereocenters. The van der Waals surface area contributed by atoms with Crippen LogP contribution in [0.2, 0.25) is 0 Å². The van der Waals surface area contributed by atoms with E-state index >= 15 is 0 Å². The zero-order chi connectivity index (χ0) is 25.8. The summed E-state index contributed by atoms with van der Waals surface area (Å²) in [5.41, 5.74) is 6.15. The summed E-state index contributed by atoms with van der Waals surface area (Å²) in [7, 11) is 3.31. The molecule has 0 aliphatic carbocycles. The highest BCUT2D eigenvalue weighted by atomic mass is 32.1. The minimum atomic E-state index is 0.0000800. The lowest BCUT2D eigenvalue weighted by atomic mass is 10.0. The molecule has 3 N–H and O–H groups in total. The number of benzene rings is 1. The average molecular weight is 538 g/mol. The predicted octanol–water partition coefficient (Wildman–Crippen LogP) is 4.61. The van der Waals surface area contributed by atoms with Gasteiger partial charge in [-0.25, -0.2) is 9.97 Å². The summed E-state index contributed by atoms with van der Waals surface area (Å²) < 4.78 is 11.7. The van der Waals surface area contributed by atoms with E-state index < -0.39 is 0 Å². The molecule has 1 aliphatic rings. The van der Waals surface area contributed by atoms with Crippen molar-refractivity contribution in [3.8, 4) is 27.6 Å². The van der Waals surface area contributed by atoms with Gasteiger partial charge in [-0.2, -0.15) is 0 Å². The van der Waals surface area contributed by atoms with Crippen LogP contribution in [-0.4, -0.2) is 56.3 Å². The summed E-state index contributed by atoms with van der Waals surface area (Å²) in [6.45, 7) is 5.65. The summed E-state index contributed by atoms with van der Waals surface area (Å²) >= 11 is 3.32. The minimum absolute atomic E-state index is 0.0000800. The fraction of sp³-hybridized carbons (Fsp3) is 0.370. The number of carbonyl (C=O) groups is 1. The third-order valence-electron chi connectivity index (χ3n) is 6.30. The number of rotatable bonds is 10. The van der Waals surface area contributed by atoms with E-state index in [0.29, 0.717) is 25.5 Å². The number of methoxy groups -OCH3 is 2. The van der Waals surface area contributed by atoms with Crippen molar-refractivity contribution in [1.29, 1.82) is 0 Å². The topological polar surface area (TPSA) is 97.4 Å². The second kappa shape index (κ2) is 11.7. The molecule has 10 heteroatoms. The molecule has 0 saturated carbocycles. The van der Waals surface area contributed by atoms with Gasteiger partial charge in [0.15, 0.2) is 0 Å². The molecule has 0 saturated heterocycles. The quantitative estimate of drug-likeness (QED) is 0.254. The Morgan fingerprint density at radius 2 is 2.03 bits per heavy atom. The molecule has 0 bridgehead atoms. The van der Waals surface area contributed by atoms with Crippen LogP contribution in [0, 0.1) is 6.92 Å². The average Bonchev–Trinajstić information content (AvgIpc) is 3.48. The Hall–Kier alpha value is -2.89. The number of pyridine rings is 1. The number of hydrogen-bond donors (Lipinski definition) is 3. The molecule has 1 aromatic carbocycles. The van der Waals surface area contributed by atoms with Crippen LogP contribution in [0.4, 0.5) is 5.00 Å². The van der Waals surface area contributed by atoms with Gasteiger partial charge in [0.1, 0.15) is 10.0 Å². The van der Waals surface area contributed by atoms with Crippen molar-refractivity contribution in [3.05, 3.63) is 46.5 Å². The summed E-state index contributed by atoms with van der Waals surface area (Å²) in [5.74, 6) is 0.607. The SMILES string of the molecule is COCCNCCC(=O)Nc1sc2c(c1-c1nc3cc(-c4ccc(C)nc4OC)ccc3s1)CCNC2. The number of thiazole rings is 1. The molecule has 5 rings (SSSR count). The van der Waals surface area contributed by atoms with Gasteiger partial charge in [0.05, 0.1) is 23.9 Å². The van der Waals surface area contributed by atoms with Crippen molar-refractivity contribution in [3.63, 3.8) is 0 Å². The summed E-state index contributed by atoms with van der Waals surface area (Å²) in [5, 5.41) is 11.7. The molecule has 194 valence electrons. The summed E-state index contributed by atoms with van der Waals surface area (Å²) in [6.07, 6.45) is 1.32. The summed E-state index contributed by atoms with van der Waals surface area (Å²) in [4.78, 5) is 23.6. The van der Waals surface area contributed by atoms with E-state index in [1.807, 2.05) is 19.1 Å². The molecule has 0 unspecified atom stereocenters. The molecule has 0 spiro atoms. The second-order valence-electron chi connectivity index (χ2n) is 8.89. The molecule has 37 heavy (non-hydrogen) atoms. The highest BCUT2D eigenvalue weighted by Crippen LogP contribution is 2.45. The van der Waals surface area contributed by atoms with Crippen LogP contribution >= 0.6 is 22.7 Å². The highest BCUT2D eigenvalue weighted by molar-refractivity contribution is 7.23. The van der Waals surface area contributed by atoms with E-state index in [9.17, 15) is 4.79 Å². The maximum Gasteiger partial charge on any atom is 0.226 e. The van der Waals surface area contributed by atoms with Crippen molar-refractivity contribution in [2.45, 2.75) is 26.3 Å². The van der Waals surface area contributed by atoms with E-state index in [-0.39, 0.29) is 5.91 Å². The zero-order valence-electron chi connectivity index (χ0n) is 21.3. The number of amides is 1. The van der Waals surface area contributed by atoms with E-state index in [4.69, 9.17) is 14.5 Å². The fourth-order valence-electron chi connectivity index (χ4n) is 4.45. The normalized spacial score (nSPS) is 13.1. The Morgan fingerprint density at radius 1 is 1.14 bits per heavy atom. The first-order chi connectivity index (χ1) is 18.1. The number of fused-ring (bicyclic) bond motifs is 2. The number of ether oxygens (including phenoxy) is 2. The van der Waals surface area contributed by atoms with Gasteiger partial charge in [-0.05, 0) is 55.3 Å². The number of nitrogens with zero attached hydrogens (tertiary/aromatic N) is 2. The molecule has 4 aromatic rings. The molecule has 1 aliphatic heterocycles. The number of hydrogen-bond acceptors (Lipinski definition) is 9. The molecule has 3 aromatic heterocycles. The van der Waals surface area contributed by atoms with Crippen LogP contribution in [0.3, 0.4) is 0 Å². The third-order valence-corrected chi connectivity index (χ3v) is 8.50. The monoisotopic (exact) mass is 537 g/mol. The maximum atomic E-state index is 12.8. The first-order valence-electron chi connectivity index (χ1n) is 12.3. The lowest BCUT2D eigenvalue weighted by Gasteiger charge is -2.13. The standard InChI is InChI=1S/C27H31N5O3S2/c1-16-4-6-18(25(30-16)35-3)17-5-7-21-20(14-17)31-26(36-21)24-19-8-10-29-15-22(19)37-27(24)32-23(33)9-11-28-12-13-34-2/h4-7,14,28-29H,8-13,15H2,1-3H3,(H,32,33). The smallest absolute Gasteiger partial charge is 0.226 e. The van der Waals surface area contributed by atoms with Crippen LogP contribution in [0.25, 0.3) is 31.9 Å². The van der Waals surface area contributed by atoms with Crippen molar-refractivity contribution in [2.24, 2.45) is 0 Å². The Labute approximate surface area is 224 Å². The van der Waals surface area contributed by atoms with E-state index in [1.54, 1.807) is 36.9 Å². The first-order valence-corrected chi connectivity index (χ1v) is 14.0. The minimum Gasteiger partial charge on any atom is -0.481 e. The van der Waals surface area contributed by atoms with Crippen molar-refractivity contribution < 1.29 is 14.3 Å². The van der Waals surface area contributed by atoms with Gasteiger partial charge in [-0.1, -0.05) is 6.07 Å². The van der Waals surface area contributed by atoms with Gasteiger partial charge in [0, 0.05) is 54.9 Å². The lowest BCUT2D eigenvalue weighted by Crippen LogP contribution is -2.24. The molecular formula is C27H31N5O3S2. The van der Waals surface area contributed by atoms with Crippen LogP contribution in [0.1, 0.15) is 22.6 Å². The fourth-order valence-corrected chi connectivity index (χ4v) is 6.77. The molecule has 0 radical (unpaired) electrons. The maximum absolute atomic E-state index is 12.8. The highest BCUT2D eigenvalue weighted by Gasteiger charge is 2.25. The molecule has 0 fully saturated rings. The van der Waals surface area contributed by atoms with Crippen molar-refractivity contribution in [2.75, 3.05) is 45.8 Å². The van der Waals surface area contributed by atoms with Gasteiger partial charge >= 0.3 is 0 Å². The summed E-state index contributed by atoms with van der Waals surface area (Å²) in [6, 6.07) is 10.3. The number of aryl methyl sites for hydroxylation is 1. The first kappa shape index (κ1) is 25.7. The van der Waals surface area contributed by atoms with E-state index in [2.05, 4.69) is 39.1 Å². The second-order valence-corrected chi connectivity index (χ2v) is 11.0. The largest absolute Gasteiger partial charge is 0.481 e. The number of nitrogens with one attached hydrogen (secondary N) is 3. The van der Waals surface area contributed by atoms with Gasteiger partial charge in [0.2, 0.25) is 11.8 Å². The van der Waals surface area contributed by atoms with Gasteiger partial charge in [-0.3, -0.25) is 4.79 Å². The predicted molar refractivity (Wildman–Crippen MR) is 151 cm³/mol. The lowest BCUT2D eigenvalue weighted by molar-refractivity contribution is -0.116. The van der Waals surface area contributed by atoms with Crippen LogP contribution < -0.4 is 20.7 Å². The van der Waals surface area contributed by atoms with Gasteiger partial charge in [0.25, 0.3) is 0 Å². The van der Waals surface area contributed by atoms with Crippen molar-refractivity contribution in [1.82, 2.24) is 20.6 Å². The number of thiophene rings is 1. The third kappa shape index (κ3) is 5.68. The van der Waals surface area contributed by atoms with E-state index in [1.165, 1.54) is 10.4 Å². The Kier molecular flexibility index (Phi) is 8.11. The Morgan fingerprint density at radius 3 is 2.86 bits per heavy atom. The van der Waals surface area contributed by atoms with Gasteiger partial charge in [-0.15, -0.1) is 22.7 Å². The van der Waals surface area contributed by atoms with Crippen molar-refractivity contribution >= 4 is 43.8 Å². The number of anilines is 1. The Balaban J connectivity index is 1.45. The Bertz CT molecular complexity index is 1410. The molecule has 8 nitrogen and oxygen atoms in total. The van der Waals surface area contributed by atoms with Crippen LogP contribution in [-0.2, 0) is 22.5 Å². The van der Waals surface area contributed by atoms with E-state index in [0.717, 1.165) is 68.7 Å². The number of aromatic nitrogens is 2. The molecular weight excluding hydrogens is 506 g/mol. The van der Waals surface area contributed by atoms with Gasteiger partial charge < -0.3 is 25.4 Å². The van der Waals surface area contributed by atoms with Crippen LogP contribution in [0.5, 0.6) is 5.88 Å². The zero-order valence-corrected chi connectivity index (χ0v) is 22.9. The van der Waals surface area contributed by atoms with Crippen LogP contribution in [0.15, 0.2) is 30.3 Å². The number of carbonyl (C=O) groups excluding carboxylic acids is 1.